The SMILES string of the molecule is C[Si](C)(C)O[C-](C#N)c1cccs1.[Li+]. The third kappa shape index (κ3) is 4.37. The maximum Gasteiger partial charge on any atom is 1.00 e. The molecule has 0 aliphatic carbocycles. The van der Waals surface area contributed by atoms with E-state index in [0.717, 1.165) is 4.88 Å². The Balaban J connectivity index is 0.00000169. The van der Waals surface area contributed by atoms with Crippen LogP contribution in [0.4, 0.5) is 0 Å². The first-order chi connectivity index (χ1) is 6.03. The summed E-state index contributed by atoms with van der Waals surface area (Å²) in [5.74, 6) is 0. The Kier molecular flexibility index (Phi) is 5.58. The first kappa shape index (κ1) is 13.8. The molecule has 0 fully saturated rings. The maximum absolute atomic E-state index is 8.88. The van der Waals surface area contributed by atoms with Crippen molar-refractivity contribution in [1.82, 2.24) is 0 Å². The zero-order valence-corrected chi connectivity index (χ0v) is 10.8. The second-order valence-corrected chi connectivity index (χ2v) is 9.01. The van der Waals surface area contributed by atoms with Crippen molar-refractivity contribution in [2.75, 3.05) is 0 Å². The Morgan fingerprint density at radius 1 is 1.50 bits per heavy atom. The molecule has 14 heavy (non-hydrogen) atoms. The van der Waals surface area contributed by atoms with Crippen LogP contribution in [0.5, 0.6) is 0 Å². The summed E-state index contributed by atoms with van der Waals surface area (Å²) in [5.41, 5.74) is 0. The van der Waals surface area contributed by atoms with Crippen molar-refractivity contribution >= 4 is 19.7 Å². The Hall–Kier alpha value is -0.166. The number of hydrogen-bond donors (Lipinski definition) is 0. The minimum atomic E-state index is -1.65. The summed E-state index contributed by atoms with van der Waals surface area (Å²) in [6, 6.07) is 5.93. The summed E-state index contributed by atoms with van der Waals surface area (Å²) < 4.78 is 5.64. The van der Waals surface area contributed by atoms with Crippen LogP contribution < -0.4 is 18.9 Å². The van der Waals surface area contributed by atoms with E-state index in [9.17, 15) is 0 Å². The van der Waals surface area contributed by atoms with Gasteiger partial charge in [0.15, 0.2) is 8.32 Å². The van der Waals surface area contributed by atoms with Gasteiger partial charge < -0.3 is 4.43 Å². The fraction of sp³-hybridized carbons (Fsp3) is 0.333. The molecule has 1 aromatic heterocycles. The zero-order chi connectivity index (χ0) is 9.90. The van der Waals surface area contributed by atoms with Crippen LogP contribution >= 0.6 is 11.3 Å². The fourth-order valence-corrected chi connectivity index (χ4v) is 2.34. The molecule has 0 amide bonds. The van der Waals surface area contributed by atoms with Crippen molar-refractivity contribution in [2.45, 2.75) is 19.6 Å². The molecule has 0 saturated heterocycles. The van der Waals surface area contributed by atoms with E-state index in [-0.39, 0.29) is 18.9 Å². The number of nitrogens with zero attached hydrogens (tertiary/aromatic N) is 1. The van der Waals surface area contributed by atoms with E-state index in [1.165, 1.54) is 11.3 Å². The first-order valence-corrected chi connectivity index (χ1v) is 8.31. The molecule has 1 rings (SSSR count). The largest absolute Gasteiger partial charge is 1.00 e. The van der Waals surface area contributed by atoms with Gasteiger partial charge in [-0.3, -0.25) is 0 Å². The van der Waals surface area contributed by atoms with Gasteiger partial charge in [-0.2, -0.15) is 17.4 Å². The number of thiophene rings is 1. The standard InChI is InChI=1S/C9H12NOSSi.Li/c1-13(2,3)11-8(7-10)9-5-4-6-12-9;/h4-6H,1-3H3;/q-1;+1. The molecule has 0 aliphatic rings. The average Bonchev–Trinajstić information content (AvgIpc) is 2.50. The number of hydrogen-bond acceptors (Lipinski definition) is 3. The predicted octanol–water partition coefficient (Wildman–Crippen LogP) is 0.00727. The van der Waals surface area contributed by atoms with Crippen molar-refractivity contribution in [1.29, 1.82) is 5.26 Å². The van der Waals surface area contributed by atoms with Crippen LogP contribution in [0.15, 0.2) is 17.5 Å². The Morgan fingerprint density at radius 3 is 2.50 bits per heavy atom. The monoisotopic (exact) mass is 217 g/mol. The molecule has 0 aromatic carbocycles. The van der Waals surface area contributed by atoms with Crippen LogP contribution in [0.1, 0.15) is 4.88 Å². The second kappa shape index (κ2) is 5.65. The summed E-state index contributed by atoms with van der Waals surface area (Å²) in [7, 11) is -1.65. The molecule has 0 unspecified atom stereocenters. The molecule has 1 aromatic rings. The van der Waals surface area contributed by atoms with E-state index in [0.29, 0.717) is 6.10 Å². The molecule has 70 valence electrons. The zero-order valence-electron chi connectivity index (χ0n) is 9.00. The molecule has 0 saturated carbocycles. The minimum Gasteiger partial charge on any atom is -0.464 e. The van der Waals surface area contributed by atoms with Crippen LogP contribution in [0.25, 0.3) is 0 Å². The number of rotatable bonds is 3. The van der Waals surface area contributed by atoms with E-state index in [2.05, 4.69) is 25.7 Å². The predicted molar refractivity (Wildman–Crippen MR) is 56.7 cm³/mol. The summed E-state index contributed by atoms with van der Waals surface area (Å²) in [5, 5.41) is 10.8. The van der Waals surface area contributed by atoms with Gasteiger partial charge in [-0.25, -0.2) is 5.26 Å². The molecule has 0 atom stereocenters. The van der Waals surface area contributed by atoms with Crippen LogP contribution in [0, 0.1) is 17.4 Å². The molecule has 1 heterocycles. The van der Waals surface area contributed by atoms with Gasteiger partial charge in [0, 0.05) is 12.2 Å². The van der Waals surface area contributed by atoms with Gasteiger partial charge in [0.1, 0.15) is 0 Å². The van der Waals surface area contributed by atoms with E-state index >= 15 is 0 Å². The van der Waals surface area contributed by atoms with Crippen molar-refractivity contribution in [3.05, 3.63) is 28.5 Å². The van der Waals surface area contributed by atoms with Gasteiger partial charge in [-0.1, -0.05) is 4.88 Å². The quantitative estimate of drug-likeness (QED) is 0.528. The third-order valence-corrected chi connectivity index (χ3v) is 2.94. The van der Waals surface area contributed by atoms with E-state index in [1.807, 2.05) is 17.5 Å². The van der Waals surface area contributed by atoms with E-state index < -0.39 is 8.32 Å². The van der Waals surface area contributed by atoms with Gasteiger partial charge in [-0.05, 0) is 25.0 Å². The molecule has 0 radical (unpaired) electrons. The fourth-order valence-electron chi connectivity index (χ4n) is 0.842. The topological polar surface area (TPSA) is 33.0 Å². The normalized spacial score (nSPS) is 10.1. The first-order valence-electron chi connectivity index (χ1n) is 4.03. The average molecular weight is 217 g/mol. The van der Waals surface area contributed by atoms with Gasteiger partial charge in [-0.15, -0.1) is 6.07 Å². The van der Waals surface area contributed by atoms with Gasteiger partial charge in [0.25, 0.3) is 0 Å². The second-order valence-electron chi connectivity index (χ2n) is 3.63. The smallest absolute Gasteiger partial charge is 0.464 e. The Labute approximate surface area is 102 Å². The van der Waals surface area contributed by atoms with Crippen molar-refractivity contribution in [2.24, 2.45) is 0 Å². The minimum absolute atomic E-state index is 0. The maximum atomic E-state index is 8.88. The molecule has 0 aliphatic heterocycles. The van der Waals surface area contributed by atoms with E-state index in [4.69, 9.17) is 9.69 Å². The summed E-state index contributed by atoms with van der Waals surface area (Å²) in [6.45, 7) is 6.20. The van der Waals surface area contributed by atoms with Crippen LogP contribution in [0.2, 0.25) is 19.6 Å². The van der Waals surface area contributed by atoms with E-state index in [1.54, 1.807) is 0 Å². The van der Waals surface area contributed by atoms with Crippen LogP contribution in [-0.2, 0) is 4.43 Å². The van der Waals surface area contributed by atoms with Gasteiger partial charge >= 0.3 is 18.9 Å². The van der Waals surface area contributed by atoms with Crippen molar-refractivity contribution in [3.8, 4) is 6.07 Å². The summed E-state index contributed by atoms with van der Waals surface area (Å²) >= 11 is 1.53. The van der Waals surface area contributed by atoms with Crippen molar-refractivity contribution in [3.63, 3.8) is 0 Å². The third-order valence-electron chi connectivity index (χ3n) is 1.25. The van der Waals surface area contributed by atoms with Crippen LogP contribution in [-0.4, -0.2) is 8.32 Å². The van der Waals surface area contributed by atoms with Gasteiger partial charge in [0.2, 0.25) is 0 Å². The molecule has 2 nitrogen and oxygen atoms in total. The summed E-state index contributed by atoms with van der Waals surface area (Å²) in [6.07, 6.45) is 0.467. The Bertz CT molecular complexity index is 302. The van der Waals surface area contributed by atoms with Crippen molar-refractivity contribution < 1.29 is 23.3 Å². The Morgan fingerprint density at radius 2 is 2.14 bits per heavy atom. The molecule has 0 N–H and O–H groups in total. The molecule has 0 spiro atoms. The molecule has 5 heteroatoms. The molecular formula is C9H12LiNOSSi. The molecular weight excluding hydrogens is 205 g/mol. The van der Waals surface area contributed by atoms with Crippen LogP contribution in [0.3, 0.4) is 0 Å². The number of nitriles is 1. The van der Waals surface area contributed by atoms with Gasteiger partial charge in [0.05, 0.1) is 0 Å². The molecule has 0 bridgehead atoms. The summed E-state index contributed by atoms with van der Waals surface area (Å²) in [4.78, 5) is 0.921.